The minimum absolute atomic E-state index is 0.275. The van der Waals surface area contributed by atoms with Crippen LogP contribution in [0.15, 0.2) is 24.5 Å². The molecule has 0 aromatic rings. The summed E-state index contributed by atoms with van der Waals surface area (Å²) >= 11 is 0. The first-order valence-electron chi connectivity index (χ1n) is 13.2. The molecule has 31 heavy (non-hydrogen) atoms. The summed E-state index contributed by atoms with van der Waals surface area (Å²) in [6.45, 7) is 20.9. The minimum Gasteiger partial charge on any atom is -0.495 e. The van der Waals surface area contributed by atoms with E-state index in [0.29, 0.717) is 18.1 Å². The zero-order valence-corrected chi connectivity index (χ0v) is 22.8. The highest BCUT2D eigenvalue weighted by atomic mass is 28.4. The summed E-state index contributed by atoms with van der Waals surface area (Å²) in [5.41, 5.74) is 0. The molecule has 0 unspecified atom stereocenters. The van der Waals surface area contributed by atoms with Crippen LogP contribution >= 0.6 is 0 Å². The van der Waals surface area contributed by atoms with Gasteiger partial charge in [0.05, 0.1) is 5.76 Å². The van der Waals surface area contributed by atoms with Crippen LogP contribution in [0.25, 0.3) is 0 Å². The molecule has 1 heterocycles. The summed E-state index contributed by atoms with van der Waals surface area (Å²) in [5, 5.41) is 0.275. The highest BCUT2D eigenvalue weighted by Gasteiger charge is 2.43. The Morgan fingerprint density at radius 3 is 2.61 bits per heavy atom. The third kappa shape index (κ3) is 8.07. The number of hydrogen-bond acceptors (Lipinski definition) is 2. The average molecular weight is 449 g/mol. The lowest BCUT2D eigenvalue weighted by Crippen LogP contribution is -2.44. The summed E-state index contributed by atoms with van der Waals surface area (Å²) in [4.78, 5) is 0. The van der Waals surface area contributed by atoms with E-state index in [1.807, 2.05) is 0 Å². The molecule has 5 atom stereocenters. The Kier molecular flexibility index (Phi) is 10.4. The molecule has 1 fully saturated rings. The normalized spacial score (nSPS) is 29.8. The van der Waals surface area contributed by atoms with Gasteiger partial charge in [-0.3, -0.25) is 0 Å². The lowest BCUT2D eigenvalue weighted by Gasteiger charge is -2.40. The fraction of sp³-hybridized carbons (Fsp3) is 0.857. The molecule has 0 N–H and O–H groups in total. The van der Waals surface area contributed by atoms with Crippen LogP contribution in [0.4, 0.5) is 0 Å². The van der Waals surface area contributed by atoms with Crippen molar-refractivity contribution < 1.29 is 9.16 Å². The summed E-state index contributed by atoms with van der Waals surface area (Å²) in [6.07, 6.45) is 18.9. The Morgan fingerprint density at radius 1 is 1.19 bits per heavy atom. The maximum absolute atomic E-state index is 6.96. The molecule has 0 saturated heterocycles. The standard InChI is InChI=1S/C28H52O2Si/c1-9-10-13-17-24(30-31(7,8)28(4,5)6)19-20-25-22(2)21-27-26(25)18-15-12-11-14-16-23(3)29-27/h12,15,22,24-27H,3,9-11,13-14,16-21H2,1-2,4-8H3/b15-12-/t22-,24+,25+,26-,27+/m1/s1. The topological polar surface area (TPSA) is 18.5 Å². The Balaban J connectivity index is 2.06. The van der Waals surface area contributed by atoms with Gasteiger partial charge in [0.1, 0.15) is 6.10 Å². The molecule has 0 spiro atoms. The minimum atomic E-state index is -1.74. The predicted octanol–water partition coefficient (Wildman–Crippen LogP) is 9.04. The molecule has 0 amide bonds. The van der Waals surface area contributed by atoms with Crippen molar-refractivity contribution >= 4 is 8.32 Å². The Labute approximate surface area is 195 Å². The largest absolute Gasteiger partial charge is 0.495 e. The Morgan fingerprint density at radius 2 is 1.94 bits per heavy atom. The molecule has 180 valence electrons. The molecule has 2 aliphatic rings. The molecule has 2 nitrogen and oxygen atoms in total. The van der Waals surface area contributed by atoms with Gasteiger partial charge in [0.15, 0.2) is 8.32 Å². The molecule has 1 aliphatic carbocycles. The monoisotopic (exact) mass is 448 g/mol. The zero-order chi connectivity index (χ0) is 23.1. The number of unbranched alkanes of at least 4 members (excludes halogenated alkanes) is 2. The molecule has 0 aromatic carbocycles. The van der Waals surface area contributed by atoms with Gasteiger partial charge in [-0.15, -0.1) is 0 Å². The van der Waals surface area contributed by atoms with Gasteiger partial charge >= 0.3 is 0 Å². The fourth-order valence-corrected chi connectivity index (χ4v) is 6.71. The highest BCUT2D eigenvalue weighted by Crippen LogP contribution is 2.45. The maximum atomic E-state index is 6.96. The SMILES string of the molecule is C=C1CCC/C=C\C[C@@H]2[C@@H](CC[C@H](CCCCC)O[Si](C)(C)C(C)(C)C)[C@H](C)C[C@@H]2O1. The first-order valence-corrected chi connectivity index (χ1v) is 16.1. The molecule has 1 aliphatic heterocycles. The van der Waals surface area contributed by atoms with Gasteiger partial charge < -0.3 is 9.16 Å². The van der Waals surface area contributed by atoms with Crippen LogP contribution < -0.4 is 0 Å². The molecule has 0 aromatic heterocycles. The van der Waals surface area contributed by atoms with Crippen molar-refractivity contribution in [2.75, 3.05) is 0 Å². The number of allylic oxidation sites excluding steroid dienone is 3. The van der Waals surface area contributed by atoms with E-state index in [0.717, 1.165) is 43.3 Å². The number of ether oxygens (including phenoxy) is 1. The molecule has 0 bridgehead atoms. The zero-order valence-electron chi connectivity index (χ0n) is 21.8. The van der Waals surface area contributed by atoms with Crippen molar-refractivity contribution in [2.24, 2.45) is 17.8 Å². The first kappa shape index (κ1) is 26.7. The van der Waals surface area contributed by atoms with E-state index in [-0.39, 0.29) is 5.04 Å². The Hall–Kier alpha value is -0.543. The van der Waals surface area contributed by atoms with E-state index in [1.165, 1.54) is 44.9 Å². The smallest absolute Gasteiger partial charge is 0.192 e. The van der Waals surface area contributed by atoms with Gasteiger partial charge in [0, 0.05) is 18.4 Å². The summed E-state index contributed by atoms with van der Waals surface area (Å²) < 4.78 is 13.4. The lowest BCUT2D eigenvalue weighted by molar-refractivity contribution is 0.0638. The third-order valence-electron chi connectivity index (χ3n) is 8.30. The molecule has 0 radical (unpaired) electrons. The van der Waals surface area contributed by atoms with Gasteiger partial charge in [-0.25, -0.2) is 0 Å². The third-order valence-corrected chi connectivity index (χ3v) is 12.8. The van der Waals surface area contributed by atoms with E-state index in [9.17, 15) is 0 Å². The Bertz CT molecular complexity index is 574. The average Bonchev–Trinajstić information content (AvgIpc) is 2.96. The van der Waals surface area contributed by atoms with Gasteiger partial charge in [0.25, 0.3) is 0 Å². The molecule has 3 heteroatoms. The first-order chi connectivity index (χ1) is 14.5. The number of rotatable bonds is 9. The van der Waals surface area contributed by atoms with Crippen molar-refractivity contribution in [1.29, 1.82) is 0 Å². The molecule has 1 saturated carbocycles. The van der Waals surface area contributed by atoms with Crippen molar-refractivity contribution in [3.8, 4) is 0 Å². The van der Waals surface area contributed by atoms with E-state index in [1.54, 1.807) is 0 Å². The lowest BCUT2D eigenvalue weighted by atomic mass is 9.83. The molecular formula is C28H52O2Si. The molecular weight excluding hydrogens is 396 g/mol. The fourth-order valence-electron chi connectivity index (χ4n) is 5.29. The van der Waals surface area contributed by atoms with Gasteiger partial charge in [-0.2, -0.15) is 0 Å². The van der Waals surface area contributed by atoms with Crippen LogP contribution in [-0.4, -0.2) is 20.5 Å². The predicted molar refractivity (Wildman–Crippen MR) is 138 cm³/mol. The van der Waals surface area contributed by atoms with E-state index < -0.39 is 8.32 Å². The second-order valence-corrected chi connectivity index (χ2v) is 16.7. The van der Waals surface area contributed by atoms with Crippen LogP contribution in [0, 0.1) is 17.8 Å². The van der Waals surface area contributed by atoms with Crippen molar-refractivity contribution in [3.63, 3.8) is 0 Å². The van der Waals surface area contributed by atoms with Crippen molar-refractivity contribution in [1.82, 2.24) is 0 Å². The highest BCUT2D eigenvalue weighted by molar-refractivity contribution is 6.74. The summed E-state index contributed by atoms with van der Waals surface area (Å²) in [6, 6.07) is 0. The van der Waals surface area contributed by atoms with Crippen LogP contribution in [-0.2, 0) is 9.16 Å². The summed E-state index contributed by atoms with van der Waals surface area (Å²) in [5.74, 6) is 3.10. The quantitative estimate of drug-likeness (QED) is 0.199. The van der Waals surface area contributed by atoms with Gasteiger partial charge in [0.2, 0.25) is 0 Å². The van der Waals surface area contributed by atoms with Crippen LogP contribution in [0.3, 0.4) is 0 Å². The van der Waals surface area contributed by atoms with Crippen molar-refractivity contribution in [3.05, 3.63) is 24.5 Å². The van der Waals surface area contributed by atoms with Crippen molar-refractivity contribution in [2.45, 2.75) is 136 Å². The number of fused-ring (bicyclic) bond motifs is 1. The van der Waals surface area contributed by atoms with Gasteiger partial charge in [-0.1, -0.05) is 72.6 Å². The van der Waals surface area contributed by atoms with Gasteiger partial charge in [-0.05, 0) is 74.9 Å². The number of hydrogen-bond donors (Lipinski definition) is 0. The molecule has 2 rings (SSSR count). The van der Waals surface area contributed by atoms with Crippen LogP contribution in [0.2, 0.25) is 18.1 Å². The second-order valence-electron chi connectivity index (χ2n) is 11.9. The van der Waals surface area contributed by atoms with E-state index in [2.05, 4.69) is 66.4 Å². The summed E-state index contributed by atoms with van der Waals surface area (Å²) in [7, 11) is -1.74. The van der Waals surface area contributed by atoms with E-state index in [4.69, 9.17) is 9.16 Å². The van der Waals surface area contributed by atoms with Crippen LogP contribution in [0.5, 0.6) is 0 Å². The van der Waals surface area contributed by atoms with Crippen LogP contribution in [0.1, 0.15) is 105 Å². The second kappa shape index (κ2) is 12.1. The van der Waals surface area contributed by atoms with E-state index >= 15 is 0 Å². The maximum Gasteiger partial charge on any atom is 0.192 e.